The monoisotopic (exact) mass is 412 g/mol. The molecule has 0 saturated heterocycles. The predicted molar refractivity (Wildman–Crippen MR) is 119 cm³/mol. The van der Waals surface area contributed by atoms with E-state index in [1.807, 2.05) is 31.2 Å². The van der Waals surface area contributed by atoms with Gasteiger partial charge in [0.15, 0.2) is 11.5 Å². The molecule has 2 amide bonds. The molecule has 6 nitrogen and oxygen atoms in total. The molecule has 0 spiro atoms. The normalized spacial score (nSPS) is 11.5. The van der Waals surface area contributed by atoms with Gasteiger partial charge in [-0.25, -0.2) is 0 Å². The fraction of sp³-hybridized carbons (Fsp3) is 0.417. The van der Waals surface area contributed by atoms with Crippen LogP contribution in [0.15, 0.2) is 42.5 Å². The van der Waals surface area contributed by atoms with Crippen LogP contribution in [0, 0.1) is 0 Å². The Morgan fingerprint density at radius 1 is 1.03 bits per heavy atom. The number of unbranched alkanes of at least 4 members (excludes halogenated alkanes) is 3. The number of ether oxygens (including phenoxy) is 2. The number of hydrogen-bond donors (Lipinski definition) is 2. The fourth-order valence-corrected chi connectivity index (χ4v) is 3.09. The first kappa shape index (κ1) is 23.3. The van der Waals surface area contributed by atoms with Gasteiger partial charge in [0.05, 0.1) is 19.8 Å². The van der Waals surface area contributed by atoms with Crippen molar-refractivity contribution in [3.63, 3.8) is 0 Å². The molecule has 0 fully saturated rings. The Hall–Kier alpha value is -3.02. The highest BCUT2D eigenvalue weighted by atomic mass is 16.5. The molecule has 6 heteroatoms. The van der Waals surface area contributed by atoms with Crippen LogP contribution in [-0.4, -0.2) is 25.5 Å². The van der Waals surface area contributed by atoms with Crippen LogP contribution in [0.4, 0.5) is 5.69 Å². The summed E-state index contributed by atoms with van der Waals surface area (Å²) in [4.78, 5) is 24.0. The number of carbonyl (C=O) groups is 2. The SMILES string of the molecule is CCCCCCOc1ccc(C(=O)NC(C)c2cccc(NC(C)=O)c2)cc1OC. The summed E-state index contributed by atoms with van der Waals surface area (Å²) in [6.07, 6.45) is 4.52. The van der Waals surface area contributed by atoms with Crippen molar-refractivity contribution in [2.24, 2.45) is 0 Å². The maximum Gasteiger partial charge on any atom is 0.251 e. The molecule has 0 saturated carbocycles. The first-order valence-corrected chi connectivity index (χ1v) is 10.4. The topological polar surface area (TPSA) is 76.7 Å². The van der Waals surface area contributed by atoms with Gasteiger partial charge in [0.2, 0.25) is 5.91 Å². The molecule has 2 aromatic carbocycles. The second-order valence-corrected chi connectivity index (χ2v) is 7.28. The smallest absolute Gasteiger partial charge is 0.251 e. The van der Waals surface area contributed by atoms with Gasteiger partial charge in [-0.05, 0) is 49.2 Å². The lowest BCUT2D eigenvalue weighted by molar-refractivity contribution is -0.114. The first-order valence-electron chi connectivity index (χ1n) is 10.4. The minimum absolute atomic E-state index is 0.136. The van der Waals surface area contributed by atoms with Gasteiger partial charge < -0.3 is 20.1 Å². The van der Waals surface area contributed by atoms with E-state index in [-0.39, 0.29) is 17.9 Å². The summed E-state index contributed by atoms with van der Waals surface area (Å²) in [5.41, 5.74) is 2.09. The predicted octanol–water partition coefficient (Wildman–Crippen LogP) is 5.10. The van der Waals surface area contributed by atoms with Crippen molar-refractivity contribution in [2.45, 2.75) is 52.5 Å². The summed E-state index contributed by atoms with van der Waals surface area (Å²) in [5, 5.41) is 5.73. The lowest BCUT2D eigenvalue weighted by Crippen LogP contribution is -2.26. The minimum atomic E-state index is -0.230. The van der Waals surface area contributed by atoms with Gasteiger partial charge >= 0.3 is 0 Å². The zero-order chi connectivity index (χ0) is 21.9. The molecule has 162 valence electrons. The van der Waals surface area contributed by atoms with E-state index in [0.717, 1.165) is 18.4 Å². The third-order valence-corrected chi connectivity index (χ3v) is 4.74. The van der Waals surface area contributed by atoms with Crippen molar-refractivity contribution in [2.75, 3.05) is 19.0 Å². The van der Waals surface area contributed by atoms with E-state index in [1.54, 1.807) is 25.3 Å². The summed E-state index contributed by atoms with van der Waals surface area (Å²) < 4.78 is 11.2. The Balaban J connectivity index is 2.01. The third-order valence-electron chi connectivity index (χ3n) is 4.74. The Labute approximate surface area is 179 Å². The van der Waals surface area contributed by atoms with E-state index in [4.69, 9.17) is 9.47 Å². The van der Waals surface area contributed by atoms with E-state index in [0.29, 0.717) is 29.4 Å². The van der Waals surface area contributed by atoms with Crippen molar-refractivity contribution in [1.82, 2.24) is 5.32 Å². The highest BCUT2D eigenvalue weighted by Crippen LogP contribution is 2.29. The molecule has 1 atom stereocenters. The van der Waals surface area contributed by atoms with Crippen LogP contribution in [0.1, 0.15) is 68.4 Å². The van der Waals surface area contributed by atoms with E-state index >= 15 is 0 Å². The highest BCUT2D eigenvalue weighted by Gasteiger charge is 2.15. The summed E-state index contributed by atoms with van der Waals surface area (Å²) in [5.74, 6) is 0.837. The van der Waals surface area contributed by atoms with Gasteiger partial charge in [0, 0.05) is 18.2 Å². The molecule has 2 N–H and O–H groups in total. The van der Waals surface area contributed by atoms with E-state index in [9.17, 15) is 9.59 Å². The third kappa shape index (κ3) is 7.10. The molecule has 0 aliphatic rings. The standard InChI is InChI=1S/C24H32N2O4/c1-5-6-7-8-14-30-22-13-12-20(16-23(22)29-4)24(28)25-17(2)19-10-9-11-21(15-19)26-18(3)27/h9-13,15-17H,5-8,14H2,1-4H3,(H,25,28)(H,26,27). The molecule has 0 aromatic heterocycles. The molecule has 0 aliphatic heterocycles. The van der Waals surface area contributed by atoms with E-state index < -0.39 is 0 Å². The van der Waals surface area contributed by atoms with Crippen LogP contribution < -0.4 is 20.1 Å². The van der Waals surface area contributed by atoms with Gasteiger partial charge in [-0.15, -0.1) is 0 Å². The molecule has 2 aromatic rings. The number of rotatable bonds is 11. The maximum atomic E-state index is 12.7. The number of benzene rings is 2. The van der Waals surface area contributed by atoms with Gasteiger partial charge in [0.1, 0.15) is 0 Å². The zero-order valence-electron chi connectivity index (χ0n) is 18.3. The summed E-state index contributed by atoms with van der Waals surface area (Å²) >= 11 is 0. The molecule has 30 heavy (non-hydrogen) atoms. The second kappa shape index (κ2) is 11.9. The second-order valence-electron chi connectivity index (χ2n) is 7.28. The van der Waals surface area contributed by atoms with Gasteiger partial charge in [-0.3, -0.25) is 9.59 Å². The van der Waals surface area contributed by atoms with Gasteiger partial charge in [-0.1, -0.05) is 38.3 Å². The average Bonchev–Trinajstić information content (AvgIpc) is 2.73. The Bertz CT molecular complexity index is 851. The Kier molecular flexibility index (Phi) is 9.19. The molecule has 0 heterocycles. The molecule has 0 bridgehead atoms. The lowest BCUT2D eigenvalue weighted by atomic mass is 10.1. The molecule has 2 rings (SSSR count). The number of anilines is 1. The lowest BCUT2D eigenvalue weighted by Gasteiger charge is -2.17. The largest absolute Gasteiger partial charge is 0.493 e. The minimum Gasteiger partial charge on any atom is -0.493 e. The number of nitrogens with one attached hydrogen (secondary N) is 2. The van der Waals surface area contributed by atoms with Crippen molar-refractivity contribution >= 4 is 17.5 Å². The van der Waals surface area contributed by atoms with Crippen molar-refractivity contribution in [3.05, 3.63) is 53.6 Å². The molecule has 1 unspecified atom stereocenters. The van der Waals surface area contributed by atoms with E-state index in [2.05, 4.69) is 17.6 Å². The van der Waals surface area contributed by atoms with E-state index in [1.165, 1.54) is 19.8 Å². The van der Waals surface area contributed by atoms with Crippen molar-refractivity contribution < 1.29 is 19.1 Å². The fourth-order valence-electron chi connectivity index (χ4n) is 3.09. The number of hydrogen-bond acceptors (Lipinski definition) is 4. The summed E-state index contributed by atoms with van der Waals surface area (Å²) in [6, 6.07) is 12.4. The first-order chi connectivity index (χ1) is 14.4. The Morgan fingerprint density at radius 3 is 2.53 bits per heavy atom. The van der Waals surface area contributed by atoms with Crippen LogP contribution in [0.5, 0.6) is 11.5 Å². The van der Waals surface area contributed by atoms with Crippen LogP contribution in [-0.2, 0) is 4.79 Å². The zero-order valence-corrected chi connectivity index (χ0v) is 18.3. The molecular formula is C24H32N2O4. The average molecular weight is 413 g/mol. The van der Waals surface area contributed by atoms with Crippen molar-refractivity contribution in [3.8, 4) is 11.5 Å². The quantitative estimate of drug-likeness (QED) is 0.503. The molecule has 0 radical (unpaired) electrons. The van der Waals surface area contributed by atoms with Crippen LogP contribution in [0.25, 0.3) is 0 Å². The van der Waals surface area contributed by atoms with Gasteiger partial charge in [0.25, 0.3) is 5.91 Å². The number of carbonyl (C=O) groups excluding carboxylic acids is 2. The summed E-state index contributed by atoms with van der Waals surface area (Å²) in [7, 11) is 1.57. The number of amides is 2. The maximum absolute atomic E-state index is 12.7. The van der Waals surface area contributed by atoms with Crippen LogP contribution in [0.2, 0.25) is 0 Å². The number of methoxy groups -OCH3 is 1. The highest BCUT2D eigenvalue weighted by molar-refractivity contribution is 5.95. The summed E-state index contributed by atoms with van der Waals surface area (Å²) in [6.45, 7) is 6.16. The molecular weight excluding hydrogens is 380 g/mol. The van der Waals surface area contributed by atoms with Crippen LogP contribution >= 0.6 is 0 Å². The Morgan fingerprint density at radius 2 is 1.83 bits per heavy atom. The molecule has 0 aliphatic carbocycles. The van der Waals surface area contributed by atoms with Crippen LogP contribution in [0.3, 0.4) is 0 Å². The van der Waals surface area contributed by atoms with Gasteiger partial charge in [-0.2, -0.15) is 0 Å². The van der Waals surface area contributed by atoms with Crippen molar-refractivity contribution in [1.29, 1.82) is 0 Å².